The van der Waals surface area contributed by atoms with Crippen LogP contribution in [0.25, 0.3) is 0 Å². The molecule has 0 aromatic rings. The van der Waals surface area contributed by atoms with Gasteiger partial charge < -0.3 is 0 Å². The van der Waals surface area contributed by atoms with Gasteiger partial charge in [0.05, 0.1) is 4.91 Å². The van der Waals surface area contributed by atoms with Crippen LogP contribution in [0.15, 0.2) is 22.6 Å². The van der Waals surface area contributed by atoms with E-state index in [1.807, 2.05) is 0 Å². The summed E-state index contributed by atoms with van der Waals surface area (Å²) in [5.41, 5.74) is 0.594. The molecule has 0 unspecified atom stereocenters. The Morgan fingerprint density at radius 2 is 1.53 bits per heavy atom. The van der Waals surface area contributed by atoms with Crippen LogP contribution < -0.4 is 0 Å². The zero-order chi connectivity index (χ0) is 12.7. The van der Waals surface area contributed by atoms with E-state index in [-0.39, 0.29) is 11.6 Å². The number of allylic oxidation sites excluding steroid dienone is 4. The smallest absolute Gasteiger partial charge is 0.192 e. The number of rotatable bonds is 7. The summed E-state index contributed by atoms with van der Waals surface area (Å²) in [5.74, 6) is -0.197. The van der Waals surface area contributed by atoms with E-state index in [0.29, 0.717) is 16.9 Å². The summed E-state index contributed by atoms with van der Waals surface area (Å²) in [7, 11) is 0. The molecule has 0 bridgehead atoms. The van der Waals surface area contributed by atoms with Crippen LogP contribution in [0.5, 0.6) is 0 Å². The first-order valence-electron chi connectivity index (χ1n) is 6.35. The highest BCUT2D eigenvalue weighted by molar-refractivity contribution is 7.85. The van der Waals surface area contributed by atoms with E-state index in [1.165, 1.54) is 37.8 Å². The van der Waals surface area contributed by atoms with E-state index in [9.17, 15) is 9.59 Å². The largest absolute Gasteiger partial charge is 0.290 e. The van der Waals surface area contributed by atoms with Gasteiger partial charge in [-0.15, -0.1) is 12.6 Å². The summed E-state index contributed by atoms with van der Waals surface area (Å²) in [4.78, 5) is 23.3. The summed E-state index contributed by atoms with van der Waals surface area (Å²) in [6.07, 6.45) is 10.4. The lowest BCUT2D eigenvalue weighted by atomic mass is 9.97. The van der Waals surface area contributed by atoms with E-state index in [0.717, 1.165) is 12.8 Å². The van der Waals surface area contributed by atoms with Crippen LogP contribution in [-0.4, -0.2) is 11.6 Å². The van der Waals surface area contributed by atoms with Crippen molar-refractivity contribution in [1.29, 1.82) is 0 Å². The molecule has 17 heavy (non-hydrogen) atoms. The van der Waals surface area contributed by atoms with Gasteiger partial charge in [0, 0.05) is 5.57 Å². The zero-order valence-corrected chi connectivity index (χ0v) is 11.3. The lowest BCUT2D eigenvalue weighted by molar-refractivity contribution is -0.114. The normalized spacial score (nSPS) is 15.9. The lowest BCUT2D eigenvalue weighted by Gasteiger charge is -2.10. The second kappa shape index (κ2) is 7.49. The highest BCUT2D eigenvalue weighted by Crippen LogP contribution is 2.22. The number of unbranched alkanes of at least 4 members (excludes halogenated alkanes) is 5. The standard InChI is InChI=1S/C14H20O2S/c1-2-3-4-5-6-7-8-11-12(15)9-10-13(16)14(11)17/h9-10,17H,2-8H2,1H3. The highest BCUT2D eigenvalue weighted by Gasteiger charge is 2.19. The van der Waals surface area contributed by atoms with Crippen LogP contribution in [0.1, 0.15) is 51.9 Å². The molecular formula is C14H20O2S. The van der Waals surface area contributed by atoms with Crippen molar-refractivity contribution in [2.24, 2.45) is 0 Å². The molecule has 0 spiro atoms. The molecule has 0 heterocycles. The Kier molecular flexibility index (Phi) is 6.27. The zero-order valence-electron chi connectivity index (χ0n) is 10.4. The topological polar surface area (TPSA) is 34.1 Å². The molecule has 0 saturated carbocycles. The SMILES string of the molecule is CCCCCCCCC1=C(S)C(=O)C=CC1=O. The molecule has 0 saturated heterocycles. The third-order valence-corrected chi connectivity index (χ3v) is 3.47. The molecular weight excluding hydrogens is 232 g/mol. The molecule has 0 N–H and O–H groups in total. The molecule has 0 atom stereocenters. The Morgan fingerprint density at radius 3 is 2.24 bits per heavy atom. The number of carbonyl (C=O) groups is 2. The van der Waals surface area contributed by atoms with Gasteiger partial charge >= 0.3 is 0 Å². The van der Waals surface area contributed by atoms with Gasteiger partial charge in [-0.2, -0.15) is 0 Å². The molecule has 1 rings (SSSR count). The Labute approximate surface area is 109 Å². The van der Waals surface area contributed by atoms with Gasteiger partial charge in [-0.1, -0.05) is 39.0 Å². The summed E-state index contributed by atoms with van der Waals surface area (Å²) in [5, 5.41) is 0. The van der Waals surface area contributed by atoms with Gasteiger partial charge in [0.15, 0.2) is 11.6 Å². The minimum Gasteiger partial charge on any atom is -0.290 e. The molecule has 1 aliphatic rings. The lowest BCUT2D eigenvalue weighted by Crippen LogP contribution is -2.11. The molecule has 0 radical (unpaired) electrons. The number of hydrogen-bond acceptors (Lipinski definition) is 3. The van der Waals surface area contributed by atoms with E-state index in [1.54, 1.807) is 0 Å². The van der Waals surface area contributed by atoms with Crippen molar-refractivity contribution in [3.8, 4) is 0 Å². The van der Waals surface area contributed by atoms with Crippen molar-refractivity contribution >= 4 is 24.2 Å². The van der Waals surface area contributed by atoms with Crippen molar-refractivity contribution < 1.29 is 9.59 Å². The molecule has 0 aliphatic heterocycles. The maximum absolute atomic E-state index is 11.6. The van der Waals surface area contributed by atoms with Crippen LogP contribution in [0.4, 0.5) is 0 Å². The molecule has 94 valence electrons. The maximum Gasteiger partial charge on any atom is 0.192 e. The molecule has 0 aromatic heterocycles. The van der Waals surface area contributed by atoms with E-state index >= 15 is 0 Å². The molecule has 0 fully saturated rings. The predicted octanol–water partition coefficient (Wildman–Crippen LogP) is 3.63. The number of ketones is 2. The minimum absolute atomic E-state index is 0.0526. The third-order valence-electron chi connectivity index (χ3n) is 2.98. The number of hydrogen-bond donors (Lipinski definition) is 1. The third kappa shape index (κ3) is 4.50. The van der Waals surface area contributed by atoms with Crippen LogP contribution in [0, 0.1) is 0 Å². The average molecular weight is 252 g/mol. The monoisotopic (exact) mass is 252 g/mol. The van der Waals surface area contributed by atoms with Gasteiger partial charge in [0.1, 0.15) is 0 Å². The van der Waals surface area contributed by atoms with Crippen molar-refractivity contribution in [2.75, 3.05) is 0 Å². The van der Waals surface area contributed by atoms with Gasteiger partial charge in [-0.3, -0.25) is 9.59 Å². The van der Waals surface area contributed by atoms with Gasteiger partial charge in [-0.25, -0.2) is 0 Å². The quantitative estimate of drug-likeness (QED) is 0.426. The van der Waals surface area contributed by atoms with E-state index < -0.39 is 0 Å². The Hall–Kier alpha value is -0.830. The Bertz CT molecular complexity index is 353. The summed E-state index contributed by atoms with van der Waals surface area (Å²) < 4.78 is 0. The van der Waals surface area contributed by atoms with Crippen molar-refractivity contribution in [3.05, 3.63) is 22.6 Å². The maximum atomic E-state index is 11.6. The van der Waals surface area contributed by atoms with Crippen molar-refractivity contribution in [1.82, 2.24) is 0 Å². The van der Waals surface area contributed by atoms with Gasteiger partial charge in [-0.05, 0) is 25.0 Å². The summed E-state index contributed by atoms with van der Waals surface area (Å²) >= 11 is 4.13. The molecule has 0 amide bonds. The molecule has 2 nitrogen and oxygen atoms in total. The number of thiol groups is 1. The Balaban J connectivity index is 2.33. The van der Waals surface area contributed by atoms with Crippen LogP contribution in [-0.2, 0) is 9.59 Å². The average Bonchev–Trinajstić information content (AvgIpc) is 2.32. The summed E-state index contributed by atoms with van der Waals surface area (Å²) in [6.45, 7) is 2.19. The molecule has 1 aliphatic carbocycles. The van der Waals surface area contributed by atoms with Gasteiger partial charge in [0.25, 0.3) is 0 Å². The van der Waals surface area contributed by atoms with E-state index in [2.05, 4.69) is 19.6 Å². The van der Waals surface area contributed by atoms with E-state index in [4.69, 9.17) is 0 Å². The van der Waals surface area contributed by atoms with Crippen molar-refractivity contribution in [2.45, 2.75) is 51.9 Å². The molecule has 3 heteroatoms. The first kappa shape index (κ1) is 14.2. The fourth-order valence-electron chi connectivity index (χ4n) is 1.92. The predicted molar refractivity (Wildman–Crippen MR) is 73.2 cm³/mol. The summed E-state index contributed by atoms with van der Waals surface area (Å²) in [6, 6.07) is 0. The number of carbonyl (C=O) groups excluding carboxylic acids is 2. The van der Waals surface area contributed by atoms with Gasteiger partial charge in [0.2, 0.25) is 0 Å². The highest BCUT2D eigenvalue weighted by atomic mass is 32.1. The first-order chi connectivity index (χ1) is 8.16. The van der Waals surface area contributed by atoms with Crippen LogP contribution in [0.2, 0.25) is 0 Å². The second-order valence-corrected chi connectivity index (χ2v) is 4.85. The Morgan fingerprint density at radius 1 is 0.941 bits per heavy atom. The fraction of sp³-hybridized carbons (Fsp3) is 0.571. The minimum atomic E-state index is -0.145. The fourth-order valence-corrected chi connectivity index (χ4v) is 2.22. The van der Waals surface area contributed by atoms with Crippen molar-refractivity contribution in [3.63, 3.8) is 0 Å². The first-order valence-corrected chi connectivity index (χ1v) is 6.80. The molecule has 0 aromatic carbocycles. The van der Waals surface area contributed by atoms with Crippen LogP contribution >= 0.6 is 12.6 Å². The van der Waals surface area contributed by atoms with Crippen LogP contribution in [0.3, 0.4) is 0 Å². The second-order valence-electron chi connectivity index (χ2n) is 4.41.